The van der Waals surface area contributed by atoms with Gasteiger partial charge in [-0.2, -0.15) is 13.2 Å². The van der Waals surface area contributed by atoms with Crippen molar-refractivity contribution in [1.29, 1.82) is 0 Å². The number of rotatable bonds is 3. The second-order valence-corrected chi connectivity index (χ2v) is 7.87. The molecule has 0 unspecified atom stereocenters. The van der Waals surface area contributed by atoms with E-state index < -0.39 is 23.4 Å². The first-order valence-electron chi connectivity index (χ1n) is 9.96. The smallest absolute Gasteiger partial charge is 0.388 e. The molecule has 0 atom stereocenters. The number of hydroxylamine groups is 2. The van der Waals surface area contributed by atoms with E-state index in [1.165, 1.54) is 22.8 Å². The highest BCUT2D eigenvalue weighted by atomic mass is 19.4. The molecule has 1 saturated heterocycles. The summed E-state index contributed by atoms with van der Waals surface area (Å²) in [6.45, 7) is 2.90. The van der Waals surface area contributed by atoms with Gasteiger partial charge in [-0.1, -0.05) is 41.1 Å². The van der Waals surface area contributed by atoms with Crippen molar-refractivity contribution in [3.63, 3.8) is 0 Å². The third kappa shape index (κ3) is 4.99. The summed E-state index contributed by atoms with van der Waals surface area (Å²) in [4.78, 5) is 23.1. The first-order valence-corrected chi connectivity index (χ1v) is 9.96. The first-order chi connectivity index (χ1) is 14.7. The van der Waals surface area contributed by atoms with Crippen molar-refractivity contribution in [2.45, 2.75) is 38.0 Å². The molecule has 31 heavy (non-hydrogen) atoms. The molecule has 9 heteroatoms. The zero-order valence-electron chi connectivity index (χ0n) is 16.9. The number of piperidine rings is 1. The van der Waals surface area contributed by atoms with Gasteiger partial charge in [0.2, 0.25) is 0 Å². The molecule has 0 radical (unpaired) electrons. The van der Waals surface area contributed by atoms with E-state index in [0.717, 1.165) is 23.4 Å². The molecular weight excluding hydrogens is 411 g/mol. The number of carbonyl (C=O) groups is 1. The Hall–Kier alpha value is -3.07. The molecule has 0 saturated carbocycles. The number of alkyl halides is 3. The summed E-state index contributed by atoms with van der Waals surface area (Å²) in [6.07, 6.45) is -3.41. The van der Waals surface area contributed by atoms with Gasteiger partial charge in [0.15, 0.2) is 0 Å². The molecule has 0 bridgehead atoms. The van der Waals surface area contributed by atoms with Crippen LogP contribution in [-0.4, -0.2) is 35.6 Å². The number of hydrogen-bond acceptors (Lipinski definition) is 5. The minimum Gasteiger partial charge on any atom is -0.388 e. The normalized spacial score (nSPS) is 18.4. The average Bonchev–Trinajstić information content (AvgIpc) is 3.14. The number of anilines is 1. The van der Waals surface area contributed by atoms with Crippen molar-refractivity contribution in [2.75, 3.05) is 18.4 Å². The number of benzene rings is 2. The van der Waals surface area contributed by atoms with Crippen LogP contribution in [-0.2, 0) is 15.9 Å². The quantitative estimate of drug-likeness (QED) is 0.728. The predicted octanol–water partition coefficient (Wildman–Crippen LogP) is 5.14. The van der Waals surface area contributed by atoms with Crippen molar-refractivity contribution in [3.05, 3.63) is 65.2 Å². The molecule has 2 heterocycles. The molecule has 0 aliphatic carbocycles. The van der Waals surface area contributed by atoms with Gasteiger partial charge >= 0.3 is 12.3 Å². The molecule has 1 fully saturated rings. The number of aryl methyl sites for hydroxylation is 1. The van der Waals surface area contributed by atoms with Crippen molar-refractivity contribution in [2.24, 2.45) is 5.16 Å². The Labute approximate surface area is 177 Å². The number of nitrogens with zero attached hydrogens (tertiary/aromatic N) is 2. The summed E-state index contributed by atoms with van der Waals surface area (Å²) in [5, 5.41) is 8.10. The zero-order valence-corrected chi connectivity index (χ0v) is 16.9. The van der Waals surface area contributed by atoms with Gasteiger partial charge in [0, 0.05) is 38.0 Å². The maximum atomic E-state index is 12.8. The van der Waals surface area contributed by atoms with Crippen molar-refractivity contribution in [1.82, 2.24) is 5.06 Å². The Morgan fingerprint density at radius 2 is 1.87 bits per heavy atom. The molecule has 2 aliphatic rings. The topological polar surface area (TPSA) is 63.2 Å². The number of hydrogen-bond donors (Lipinski definition) is 1. The van der Waals surface area contributed by atoms with Crippen LogP contribution >= 0.6 is 0 Å². The third-order valence-electron chi connectivity index (χ3n) is 5.51. The molecule has 2 aromatic carbocycles. The maximum absolute atomic E-state index is 12.8. The minimum atomic E-state index is -4.48. The fraction of sp³-hybridized carbons (Fsp3) is 0.364. The van der Waals surface area contributed by atoms with Crippen LogP contribution in [0, 0.1) is 6.92 Å². The van der Waals surface area contributed by atoms with Gasteiger partial charge in [0.1, 0.15) is 5.60 Å². The lowest BCUT2D eigenvalue weighted by Gasteiger charge is -2.35. The van der Waals surface area contributed by atoms with Crippen LogP contribution in [0.2, 0.25) is 0 Å². The number of nitrogens with one attached hydrogen (secondary N) is 1. The van der Waals surface area contributed by atoms with Gasteiger partial charge in [0.05, 0.1) is 11.3 Å². The highest BCUT2D eigenvalue weighted by molar-refractivity contribution is 6.01. The summed E-state index contributed by atoms with van der Waals surface area (Å²) in [5.74, 6) is 0. The van der Waals surface area contributed by atoms with Crippen molar-refractivity contribution in [3.8, 4) is 0 Å². The van der Waals surface area contributed by atoms with Gasteiger partial charge in [-0.05, 0) is 30.7 Å². The second kappa shape index (κ2) is 8.22. The lowest BCUT2D eigenvalue weighted by atomic mass is 9.86. The molecule has 4 rings (SSSR count). The van der Waals surface area contributed by atoms with Crippen LogP contribution in [0.15, 0.2) is 53.7 Å². The predicted molar refractivity (Wildman–Crippen MR) is 109 cm³/mol. The second-order valence-electron chi connectivity index (χ2n) is 7.87. The highest BCUT2D eigenvalue weighted by Gasteiger charge is 2.43. The monoisotopic (exact) mass is 433 g/mol. The Balaban J connectivity index is 1.28. The summed E-state index contributed by atoms with van der Waals surface area (Å²) in [6, 6.07) is 12.5. The lowest BCUT2D eigenvalue weighted by Crippen LogP contribution is -2.45. The molecule has 1 N–H and O–H groups in total. The molecule has 2 aromatic rings. The highest BCUT2D eigenvalue weighted by Crippen LogP contribution is 2.36. The lowest BCUT2D eigenvalue weighted by molar-refractivity contribution is -0.154. The number of amides is 1. The van der Waals surface area contributed by atoms with E-state index in [9.17, 15) is 18.0 Å². The Morgan fingerprint density at radius 1 is 1.16 bits per heavy atom. The molecule has 6 nitrogen and oxygen atoms in total. The van der Waals surface area contributed by atoms with Crippen molar-refractivity contribution < 1.29 is 27.6 Å². The SMILES string of the molecule is Cc1ccc(C2=NOC3(CCN(OC(=O)Nc4cccc(C(F)(F)F)c4)CC3)C2)cc1. The van der Waals surface area contributed by atoms with Crippen LogP contribution in [0.3, 0.4) is 0 Å². The van der Waals surface area contributed by atoms with Gasteiger partial charge in [-0.25, -0.2) is 4.79 Å². The van der Waals surface area contributed by atoms with Crippen molar-refractivity contribution >= 4 is 17.5 Å². The van der Waals surface area contributed by atoms with Crippen LogP contribution < -0.4 is 5.32 Å². The van der Waals surface area contributed by atoms with Crippen LogP contribution in [0.1, 0.15) is 36.0 Å². The summed E-state index contributed by atoms with van der Waals surface area (Å²) >= 11 is 0. The third-order valence-corrected chi connectivity index (χ3v) is 5.51. The van der Waals surface area contributed by atoms with E-state index in [1.54, 1.807) is 0 Å². The maximum Gasteiger partial charge on any atom is 0.430 e. The minimum absolute atomic E-state index is 0.0172. The van der Waals surface area contributed by atoms with E-state index in [2.05, 4.69) is 10.5 Å². The largest absolute Gasteiger partial charge is 0.430 e. The zero-order chi connectivity index (χ0) is 22.1. The summed E-state index contributed by atoms with van der Waals surface area (Å²) in [5.41, 5.74) is 1.86. The van der Waals surface area contributed by atoms with E-state index in [0.29, 0.717) is 32.4 Å². The first kappa shape index (κ1) is 21.2. The van der Waals surface area contributed by atoms with Gasteiger partial charge in [-0.15, -0.1) is 5.06 Å². The van der Waals surface area contributed by atoms with Crippen LogP contribution in [0.5, 0.6) is 0 Å². The van der Waals surface area contributed by atoms with Gasteiger partial charge < -0.3 is 9.68 Å². The molecule has 2 aliphatic heterocycles. The number of halogens is 3. The van der Waals surface area contributed by atoms with E-state index >= 15 is 0 Å². The number of oxime groups is 1. The Morgan fingerprint density at radius 3 is 2.55 bits per heavy atom. The fourth-order valence-corrected chi connectivity index (χ4v) is 3.71. The standard InChI is InChI=1S/C22H22F3N3O3/c1-15-5-7-16(8-6-15)19-14-21(31-27-19)9-11-28(12-10-21)30-20(29)26-18-4-2-3-17(13-18)22(23,24)25/h2-8,13H,9-12,14H2,1H3,(H,26,29). The molecular formula is C22H22F3N3O3. The van der Waals surface area contributed by atoms with Crippen LogP contribution in [0.25, 0.3) is 0 Å². The Bertz CT molecular complexity index is 981. The Kier molecular flexibility index (Phi) is 5.62. The molecule has 0 aromatic heterocycles. The summed E-state index contributed by atoms with van der Waals surface area (Å²) in [7, 11) is 0. The molecule has 164 valence electrons. The molecule has 1 amide bonds. The fourth-order valence-electron chi connectivity index (χ4n) is 3.71. The summed E-state index contributed by atoms with van der Waals surface area (Å²) < 4.78 is 38.4. The van der Waals surface area contributed by atoms with Gasteiger partial charge in [-0.3, -0.25) is 5.32 Å². The molecule has 1 spiro atoms. The van der Waals surface area contributed by atoms with E-state index in [4.69, 9.17) is 9.68 Å². The average molecular weight is 433 g/mol. The van der Waals surface area contributed by atoms with E-state index in [1.807, 2.05) is 31.2 Å². The number of carbonyl (C=O) groups excluding carboxylic acids is 1. The van der Waals surface area contributed by atoms with Gasteiger partial charge in [0.25, 0.3) is 0 Å². The van der Waals surface area contributed by atoms with Crippen LogP contribution in [0.4, 0.5) is 23.7 Å². The van der Waals surface area contributed by atoms with E-state index in [-0.39, 0.29) is 5.69 Å².